The average Bonchev–Trinajstić information content (AvgIpc) is 3.04. The van der Waals surface area contributed by atoms with Gasteiger partial charge in [0.05, 0.1) is 11.6 Å². The first kappa shape index (κ1) is 18.1. The van der Waals surface area contributed by atoms with Gasteiger partial charge in [-0.3, -0.25) is 14.3 Å². The van der Waals surface area contributed by atoms with Crippen LogP contribution in [0.15, 0.2) is 36.4 Å². The second-order valence-corrected chi connectivity index (χ2v) is 6.70. The topological polar surface area (TPSA) is 93.2 Å². The molecule has 1 fully saturated rings. The quantitative estimate of drug-likeness (QED) is 0.809. The summed E-state index contributed by atoms with van der Waals surface area (Å²) in [6.45, 7) is 2.84. The number of likely N-dealkylation sites (tertiary alicyclic amines) is 1. The molecule has 2 heterocycles. The van der Waals surface area contributed by atoms with Gasteiger partial charge in [-0.05, 0) is 25.5 Å². The second kappa shape index (κ2) is 8.14. The number of rotatable bonds is 6. The fraction of sp³-hybridized carbons (Fsp3) is 0.421. The van der Waals surface area contributed by atoms with E-state index < -0.39 is 0 Å². The zero-order valence-corrected chi connectivity index (χ0v) is 15.0. The fourth-order valence-electron chi connectivity index (χ4n) is 3.34. The van der Waals surface area contributed by atoms with Gasteiger partial charge in [-0.2, -0.15) is 5.10 Å². The Kier molecular flexibility index (Phi) is 5.68. The molecule has 0 saturated carbocycles. The number of carbonyl (C=O) groups excluding carboxylic acids is 2. The van der Waals surface area contributed by atoms with Crippen LogP contribution in [0.2, 0.25) is 0 Å². The number of hydrogen-bond donors (Lipinski definition) is 2. The van der Waals surface area contributed by atoms with Crippen molar-refractivity contribution in [1.29, 1.82) is 0 Å². The minimum Gasteiger partial charge on any atom is -0.369 e. The maximum Gasteiger partial charge on any atom is 0.269 e. The lowest BCUT2D eigenvalue weighted by Gasteiger charge is -2.31. The monoisotopic (exact) mass is 355 g/mol. The zero-order chi connectivity index (χ0) is 18.5. The number of piperidine rings is 1. The first-order valence-electron chi connectivity index (χ1n) is 8.94. The van der Waals surface area contributed by atoms with Crippen molar-refractivity contribution >= 4 is 11.8 Å². The lowest BCUT2D eigenvalue weighted by molar-refractivity contribution is -0.123. The third-order valence-corrected chi connectivity index (χ3v) is 4.80. The van der Waals surface area contributed by atoms with Gasteiger partial charge < -0.3 is 16.0 Å². The van der Waals surface area contributed by atoms with E-state index in [1.165, 1.54) is 0 Å². The van der Waals surface area contributed by atoms with Crippen molar-refractivity contribution in [1.82, 2.24) is 20.0 Å². The SMILES string of the molecule is Cn1nc(-c2ccccc2)cc1C(=O)NCCN1CCCC(C(N)=O)C1. The molecule has 1 aliphatic heterocycles. The minimum atomic E-state index is -0.234. The van der Waals surface area contributed by atoms with Gasteiger partial charge in [0.15, 0.2) is 0 Å². The summed E-state index contributed by atoms with van der Waals surface area (Å²) in [7, 11) is 1.77. The highest BCUT2D eigenvalue weighted by Gasteiger charge is 2.23. The van der Waals surface area contributed by atoms with Crippen LogP contribution in [0.4, 0.5) is 0 Å². The van der Waals surface area contributed by atoms with Crippen molar-refractivity contribution < 1.29 is 9.59 Å². The van der Waals surface area contributed by atoms with E-state index in [1.54, 1.807) is 17.8 Å². The summed E-state index contributed by atoms with van der Waals surface area (Å²) in [5, 5.41) is 7.36. The van der Waals surface area contributed by atoms with Crippen molar-refractivity contribution in [3.05, 3.63) is 42.1 Å². The minimum absolute atomic E-state index is 0.0787. The summed E-state index contributed by atoms with van der Waals surface area (Å²) in [4.78, 5) is 26.0. The molecule has 2 amide bonds. The van der Waals surface area contributed by atoms with E-state index in [2.05, 4.69) is 15.3 Å². The molecule has 3 rings (SSSR count). The Morgan fingerprint density at radius 1 is 1.31 bits per heavy atom. The van der Waals surface area contributed by atoms with E-state index in [-0.39, 0.29) is 17.7 Å². The molecule has 7 nitrogen and oxygen atoms in total. The van der Waals surface area contributed by atoms with E-state index >= 15 is 0 Å². The highest BCUT2D eigenvalue weighted by Crippen LogP contribution is 2.18. The molecule has 0 radical (unpaired) electrons. The van der Waals surface area contributed by atoms with E-state index in [0.29, 0.717) is 25.3 Å². The lowest BCUT2D eigenvalue weighted by atomic mass is 9.97. The summed E-state index contributed by atoms with van der Waals surface area (Å²) < 4.78 is 1.60. The maximum atomic E-state index is 12.5. The molecule has 0 spiro atoms. The Bertz CT molecular complexity index is 771. The molecular weight excluding hydrogens is 330 g/mol. The van der Waals surface area contributed by atoms with Crippen molar-refractivity contribution in [2.75, 3.05) is 26.2 Å². The number of nitrogens with one attached hydrogen (secondary N) is 1. The van der Waals surface area contributed by atoms with Crippen molar-refractivity contribution in [3.8, 4) is 11.3 Å². The first-order chi connectivity index (χ1) is 12.5. The van der Waals surface area contributed by atoms with Crippen LogP contribution >= 0.6 is 0 Å². The molecule has 3 N–H and O–H groups in total. The summed E-state index contributed by atoms with van der Waals surface area (Å²) in [6.07, 6.45) is 1.82. The van der Waals surface area contributed by atoms with Crippen LogP contribution in [-0.4, -0.2) is 52.7 Å². The van der Waals surface area contributed by atoms with Gasteiger partial charge in [-0.1, -0.05) is 30.3 Å². The molecule has 7 heteroatoms. The lowest BCUT2D eigenvalue weighted by Crippen LogP contribution is -2.44. The van der Waals surface area contributed by atoms with Crippen LogP contribution in [0.5, 0.6) is 0 Å². The van der Waals surface area contributed by atoms with Gasteiger partial charge >= 0.3 is 0 Å². The predicted molar refractivity (Wildman–Crippen MR) is 99.3 cm³/mol. The molecule has 1 aromatic heterocycles. The van der Waals surface area contributed by atoms with E-state index in [1.807, 2.05) is 30.3 Å². The van der Waals surface area contributed by atoms with Crippen molar-refractivity contribution in [2.24, 2.45) is 18.7 Å². The zero-order valence-electron chi connectivity index (χ0n) is 15.0. The number of hydrogen-bond acceptors (Lipinski definition) is 4. The average molecular weight is 355 g/mol. The highest BCUT2D eigenvalue weighted by molar-refractivity contribution is 5.93. The van der Waals surface area contributed by atoms with Gasteiger partial charge in [0, 0.05) is 32.2 Å². The molecule has 0 bridgehead atoms. The van der Waals surface area contributed by atoms with Gasteiger partial charge in [-0.15, -0.1) is 0 Å². The van der Waals surface area contributed by atoms with Crippen LogP contribution in [0, 0.1) is 5.92 Å². The van der Waals surface area contributed by atoms with Crippen LogP contribution in [0.25, 0.3) is 11.3 Å². The summed E-state index contributed by atoms with van der Waals surface area (Å²) in [6, 6.07) is 11.6. The first-order valence-corrected chi connectivity index (χ1v) is 8.94. The van der Waals surface area contributed by atoms with Crippen LogP contribution in [0.1, 0.15) is 23.3 Å². The van der Waals surface area contributed by atoms with Gasteiger partial charge in [0.1, 0.15) is 5.69 Å². The highest BCUT2D eigenvalue weighted by atomic mass is 16.2. The van der Waals surface area contributed by atoms with Gasteiger partial charge in [-0.25, -0.2) is 0 Å². The Morgan fingerprint density at radius 3 is 2.81 bits per heavy atom. The maximum absolute atomic E-state index is 12.5. The van der Waals surface area contributed by atoms with Crippen LogP contribution < -0.4 is 11.1 Å². The number of carbonyl (C=O) groups is 2. The second-order valence-electron chi connectivity index (χ2n) is 6.70. The number of nitrogens with zero attached hydrogens (tertiary/aromatic N) is 3. The molecule has 1 aliphatic rings. The molecule has 26 heavy (non-hydrogen) atoms. The van der Waals surface area contributed by atoms with Gasteiger partial charge in [0.25, 0.3) is 5.91 Å². The Hall–Kier alpha value is -2.67. The molecule has 0 aliphatic carbocycles. The summed E-state index contributed by atoms with van der Waals surface area (Å²) in [5.41, 5.74) is 7.69. The Labute approximate surface area is 153 Å². The smallest absolute Gasteiger partial charge is 0.269 e. The standard InChI is InChI=1S/C19H25N5O2/c1-23-17(12-16(22-23)14-6-3-2-4-7-14)19(26)21-9-11-24-10-5-8-15(13-24)18(20)25/h2-4,6-7,12,15H,5,8-11,13H2,1H3,(H2,20,25)(H,21,26). The van der Waals surface area contributed by atoms with E-state index in [4.69, 9.17) is 5.73 Å². The summed E-state index contributed by atoms with van der Waals surface area (Å²) in [5.74, 6) is -0.461. The molecule has 2 aromatic rings. The third-order valence-electron chi connectivity index (χ3n) is 4.80. The van der Waals surface area contributed by atoms with Crippen molar-refractivity contribution in [2.45, 2.75) is 12.8 Å². The fourth-order valence-corrected chi connectivity index (χ4v) is 3.34. The number of amides is 2. The molecule has 1 unspecified atom stereocenters. The molecular formula is C19H25N5O2. The molecule has 1 aromatic carbocycles. The number of nitrogens with two attached hydrogens (primary N) is 1. The number of benzene rings is 1. The number of aromatic nitrogens is 2. The van der Waals surface area contributed by atoms with Crippen LogP contribution in [0.3, 0.4) is 0 Å². The molecule has 1 saturated heterocycles. The van der Waals surface area contributed by atoms with E-state index in [0.717, 1.165) is 30.6 Å². The number of primary amides is 1. The normalized spacial score (nSPS) is 17.8. The largest absolute Gasteiger partial charge is 0.369 e. The van der Waals surface area contributed by atoms with Crippen molar-refractivity contribution in [3.63, 3.8) is 0 Å². The van der Waals surface area contributed by atoms with Crippen LogP contribution in [-0.2, 0) is 11.8 Å². The molecule has 1 atom stereocenters. The summed E-state index contributed by atoms with van der Waals surface area (Å²) >= 11 is 0. The third kappa shape index (κ3) is 4.29. The Balaban J connectivity index is 1.54. The number of aryl methyl sites for hydroxylation is 1. The molecule has 138 valence electrons. The van der Waals surface area contributed by atoms with E-state index in [9.17, 15) is 9.59 Å². The predicted octanol–water partition coefficient (Wildman–Crippen LogP) is 1.01. The Morgan fingerprint density at radius 2 is 2.08 bits per heavy atom. The van der Waals surface area contributed by atoms with Gasteiger partial charge in [0.2, 0.25) is 5.91 Å².